The molecule has 2 aromatic heterocycles. The number of piperidine rings is 1. The van der Waals surface area contributed by atoms with Crippen molar-refractivity contribution in [2.45, 2.75) is 83.8 Å². The fourth-order valence-corrected chi connectivity index (χ4v) is 5.74. The maximum absolute atomic E-state index is 14.3. The normalized spacial score (nSPS) is 16.7. The molecule has 1 fully saturated rings. The fraction of sp³-hybridized carbons (Fsp3) is 0.533. The highest BCUT2D eigenvalue weighted by atomic mass is 28.3. The summed E-state index contributed by atoms with van der Waals surface area (Å²) in [6.45, 7) is 13.4. The summed E-state index contributed by atoms with van der Waals surface area (Å²) in [6, 6.07) is 5.45. The van der Waals surface area contributed by atoms with Crippen molar-refractivity contribution in [3.05, 3.63) is 41.7 Å². The van der Waals surface area contributed by atoms with Crippen molar-refractivity contribution < 1.29 is 32.6 Å². The highest BCUT2D eigenvalue weighted by Gasteiger charge is 2.37. The quantitative estimate of drug-likeness (QED) is 0.0610. The number of benzene rings is 1. The first-order valence-electron chi connectivity index (χ1n) is 14.8. The molecule has 1 aliphatic rings. The van der Waals surface area contributed by atoms with E-state index in [1.165, 1.54) is 0 Å². The molecule has 0 radical (unpaired) electrons. The van der Waals surface area contributed by atoms with E-state index in [-0.39, 0.29) is 35.8 Å². The minimum Gasteiger partial charge on any atom is -0.444 e. The average molecular weight is 650 g/mol. The molecule has 1 amide bonds. The first-order valence-corrected chi connectivity index (χ1v) is 18.5. The largest absolute Gasteiger partial charge is 0.444 e. The Morgan fingerprint density at radius 1 is 1.24 bits per heavy atom. The summed E-state index contributed by atoms with van der Waals surface area (Å²) in [5, 5.41) is 15.9. The van der Waals surface area contributed by atoms with Gasteiger partial charge in [0.15, 0.2) is 5.84 Å². The Kier molecular flexibility index (Phi) is 10.0. The lowest BCUT2D eigenvalue weighted by Crippen LogP contribution is -2.47. The number of alkyl halides is 3. The number of rotatable bonds is 9. The van der Waals surface area contributed by atoms with E-state index >= 15 is 0 Å². The standard InChI is InChI=1S/C30H42F3N7O4Si/c1-29(2,3)44-28(41)39-11-7-8-20(16-39)36-27-35-15-23(30(31,32)33)25(37-27)22-17-40(18-43-12-13-45(4,5)6)24-14-19(26(34)38-42)9-10-21(22)24/h9-10,14-15,17,20,42H,7-8,11-13,16,18H2,1-6H3,(H2,34,38)(H,35,36,37)/t20-/m0/s1. The first kappa shape index (κ1) is 34.0. The zero-order chi connectivity index (χ0) is 33.2. The van der Waals surface area contributed by atoms with Crippen LogP contribution >= 0.6 is 0 Å². The van der Waals surface area contributed by atoms with Gasteiger partial charge in [0, 0.05) is 62.7 Å². The third-order valence-electron chi connectivity index (χ3n) is 7.27. The van der Waals surface area contributed by atoms with Crippen molar-refractivity contribution in [3.8, 4) is 11.3 Å². The van der Waals surface area contributed by atoms with Crippen LogP contribution in [0.4, 0.5) is 23.9 Å². The van der Waals surface area contributed by atoms with E-state index in [1.54, 1.807) is 54.6 Å². The molecule has 1 aromatic carbocycles. The molecule has 0 bridgehead atoms. The van der Waals surface area contributed by atoms with E-state index in [2.05, 4.69) is 40.1 Å². The Morgan fingerprint density at radius 2 is 1.98 bits per heavy atom. The zero-order valence-electron chi connectivity index (χ0n) is 26.5. The number of aromatic nitrogens is 3. The second kappa shape index (κ2) is 13.2. The Balaban J connectivity index is 1.71. The molecule has 4 rings (SSSR count). The summed E-state index contributed by atoms with van der Waals surface area (Å²) in [6.07, 6.45) is -1.49. The number of amidine groups is 1. The van der Waals surface area contributed by atoms with Gasteiger partial charge in [-0.05, 0) is 45.7 Å². The molecule has 0 aliphatic carbocycles. The van der Waals surface area contributed by atoms with E-state index in [4.69, 9.17) is 15.2 Å². The van der Waals surface area contributed by atoms with E-state index in [9.17, 15) is 23.2 Å². The number of ether oxygens (including phenoxy) is 2. The molecule has 1 aliphatic heterocycles. The molecule has 4 N–H and O–H groups in total. The predicted molar refractivity (Wildman–Crippen MR) is 169 cm³/mol. The van der Waals surface area contributed by atoms with Crippen LogP contribution in [0.15, 0.2) is 35.7 Å². The summed E-state index contributed by atoms with van der Waals surface area (Å²) < 4.78 is 56.1. The van der Waals surface area contributed by atoms with Crippen LogP contribution in [0.1, 0.15) is 44.7 Å². The number of nitrogens with two attached hydrogens (primary N) is 1. The molecular formula is C30H42F3N7O4Si. The number of amides is 1. The Hall–Kier alpha value is -3.85. The predicted octanol–water partition coefficient (Wildman–Crippen LogP) is 6.34. The van der Waals surface area contributed by atoms with Gasteiger partial charge in [0.1, 0.15) is 17.9 Å². The molecule has 0 saturated carbocycles. The molecule has 3 heterocycles. The van der Waals surface area contributed by atoms with Gasteiger partial charge in [0.2, 0.25) is 5.95 Å². The number of hydrogen-bond donors (Lipinski definition) is 3. The zero-order valence-corrected chi connectivity index (χ0v) is 27.5. The lowest BCUT2D eigenvalue weighted by molar-refractivity contribution is -0.137. The SMILES string of the molecule is CC(C)(C)OC(=O)N1CCC[C@H](Nc2ncc(C(F)(F)F)c(-c3cn(COCC[Si](C)(C)C)c4cc(/C(N)=N/O)ccc34)n2)C1. The molecule has 11 nitrogen and oxygen atoms in total. The van der Waals surface area contributed by atoms with Gasteiger partial charge in [-0.2, -0.15) is 13.2 Å². The molecule has 246 valence electrons. The Labute approximate surface area is 261 Å². The second-order valence-electron chi connectivity index (χ2n) is 13.4. The summed E-state index contributed by atoms with van der Waals surface area (Å²) in [5.41, 5.74) is 5.02. The number of oxime groups is 1. The van der Waals surface area contributed by atoms with Crippen LogP contribution in [0, 0.1) is 0 Å². The van der Waals surface area contributed by atoms with Gasteiger partial charge in [0.25, 0.3) is 0 Å². The van der Waals surface area contributed by atoms with E-state index < -0.39 is 31.5 Å². The first-order chi connectivity index (χ1) is 20.9. The van der Waals surface area contributed by atoms with Gasteiger partial charge in [0.05, 0.1) is 11.2 Å². The van der Waals surface area contributed by atoms with Crippen LogP contribution in [0.2, 0.25) is 25.7 Å². The minimum absolute atomic E-state index is 0.00889. The number of nitrogens with zero attached hydrogens (tertiary/aromatic N) is 5. The van der Waals surface area contributed by atoms with Crippen LogP contribution in [0.25, 0.3) is 22.2 Å². The Morgan fingerprint density at radius 3 is 2.62 bits per heavy atom. The topological polar surface area (TPSA) is 140 Å². The number of carbonyl (C=O) groups excluding carboxylic acids is 1. The van der Waals surface area contributed by atoms with Crippen molar-refractivity contribution in [2.75, 3.05) is 25.0 Å². The molecular weight excluding hydrogens is 607 g/mol. The van der Waals surface area contributed by atoms with E-state index in [1.807, 2.05) is 0 Å². The highest BCUT2D eigenvalue weighted by Crippen LogP contribution is 2.40. The molecule has 45 heavy (non-hydrogen) atoms. The minimum atomic E-state index is -4.73. The maximum Gasteiger partial charge on any atom is 0.419 e. The second-order valence-corrected chi connectivity index (χ2v) is 19.1. The van der Waals surface area contributed by atoms with Gasteiger partial charge in [-0.25, -0.2) is 14.8 Å². The lowest BCUT2D eigenvalue weighted by Gasteiger charge is -2.34. The van der Waals surface area contributed by atoms with E-state index in [0.29, 0.717) is 49.0 Å². The van der Waals surface area contributed by atoms with Gasteiger partial charge in [-0.15, -0.1) is 0 Å². The maximum atomic E-state index is 14.3. The summed E-state index contributed by atoms with van der Waals surface area (Å²) in [4.78, 5) is 22.6. The van der Waals surface area contributed by atoms with Crippen LogP contribution in [-0.4, -0.2) is 76.0 Å². The highest BCUT2D eigenvalue weighted by molar-refractivity contribution is 6.76. The molecule has 3 aromatic rings. The number of hydrogen-bond acceptors (Lipinski definition) is 8. The van der Waals surface area contributed by atoms with Crippen molar-refractivity contribution in [2.24, 2.45) is 10.9 Å². The van der Waals surface area contributed by atoms with Crippen molar-refractivity contribution >= 4 is 36.9 Å². The summed E-state index contributed by atoms with van der Waals surface area (Å²) >= 11 is 0. The number of nitrogens with one attached hydrogen (secondary N) is 1. The monoisotopic (exact) mass is 649 g/mol. The smallest absolute Gasteiger partial charge is 0.419 e. The summed E-state index contributed by atoms with van der Waals surface area (Å²) in [5.74, 6) is -0.127. The van der Waals surface area contributed by atoms with Crippen LogP contribution in [0.5, 0.6) is 0 Å². The summed E-state index contributed by atoms with van der Waals surface area (Å²) in [7, 11) is -1.37. The van der Waals surface area contributed by atoms with Crippen LogP contribution in [-0.2, 0) is 22.4 Å². The van der Waals surface area contributed by atoms with Gasteiger partial charge < -0.3 is 35.2 Å². The number of likely N-dealkylation sites (tertiary alicyclic amines) is 1. The third-order valence-corrected chi connectivity index (χ3v) is 8.97. The number of carbonyl (C=O) groups is 1. The molecule has 1 saturated heterocycles. The average Bonchev–Trinajstić information content (AvgIpc) is 3.30. The van der Waals surface area contributed by atoms with Crippen molar-refractivity contribution in [1.82, 2.24) is 19.4 Å². The van der Waals surface area contributed by atoms with E-state index in [0.717, 1.165) is 12.2 Å². The third kappa shape index (κ3) is 8.87. The fourth-order valence-electron chi connectivity index (χ4n) is 4.98. The van der Waals surface area contributed by atoms with Crippen molar-refractivity contribution in [1.29, 1.82) is 0 Å². The van der Waals surface area contributed by atoms with Crippen LogP contribution < -0.4 is 11.1 Å². The molecule has 1 atom stereocenters. The van der Waals surface area contributed by atoms with Crippen molar-refractivity contribution in [3.63, 3.8) is 0 Å². The van der Waals surface area contributed by atoms with Crippen LogP contribution in [0.3, 0.4) is 0 Å². The molecule has 15 heteroatoms. The number of fused-ring (bicyclic) bond motifs is 1. The lowest BCUT2D eigenvalue weighted by atomic mass is 10.0. The van der Waals surface area contributed by atoms with Gasteiger partial charge >= 0.3 is 12.3 Å². The van der Waals surface area contributed by atoms with Gasteiger partial charge in [-0.1, -0.05) is 36.9 Å². The Bertz CT molecular complexity index is 1550. The van der Waals surface area contributed by atoms with Gasteiger partial charge in [-0.3, -0.25) is 0 Å². The molecule has 0 unspecified atom stereocenters. The number of halogens is 3. The number of anilines is 1. The molecule has 0 spiro atoms.